The van der Waals surface area contributed by atoms with Gasteiger partial charge in [-0.2, -0.15) is 5.10 Å². The summed E-state index contributed by atoms with van der Waals surface area (Å²) < 4.78 is 4.24. The minimum atomic E-state index is -0.238. The molecule has 4 aromatic carbocycles. The van der Waals surface area contributed by atoms with Crippen molar-refractivity contribution in [3.63, 3.8) is 0 Å². The van der Waals surface area contributed by atoms with Crippen LogP contribution in [0.1, 0.15) is 18.1 Å². The maximum absolute atomic E-state index is 12.7. The van der Waals surface area contributed by atoms with Gasteiger partial charge in [0.15, 0.2) is 11.0 Å². The van der Waals surface area contributed by atoms with Crippen LogP contribution in [0, 0.1) is 6.92 Å². The van der Waals surface area contributed by atoms with Crippen molar-refractivity contribution in [3.8, 4) is 17.1 Å². The molecule has 0 atom stereocenters. The smallest absolute Gasteiger partial charge is 0.250 e. The first-order valence-electron chi connectivity index (χ1n) is 13.3. The molecule has 7 nitrogen and oxygen atoms in total. The largest absolute Gasteiger partial charge is 0.341 e. The number of hydrogen-bond acceptors (Lipinski definition) is 5. The summed E-state index contributed by atoms with van der Waals surface area (Å²) in [6.45, 7) is 5.08. The summed E-state index contributed by atoms with van der Waals surface area (Å²) >= 11 is 7.43. The van der Waals surface area contributed by atoms with Crippen LogP contribution in [0.2, 0.25) is 5.02 Å². The van der Waals surface area contributed by atoms with Crippen LogP contribution in [0.5, 0.6) is 0 Å². The van der Waals surface area contributed by atoms with Crippen molar-refractivity contribution in [2.24, 2.45) is 5.10 Å². The second-order valence-corrected chi connectivity index (χ2v) is 11.0. The molecule has 204 valence electrons. The summed E-state index contributed by atoms with van der Waals surface area (Å²) in [4.78, 5) is 12.7. The number of carbonyl (C=O) groups excluding carboxylic acids is 1. The lowest BCUT2D eigenvalue weighted by atomic mass is 10.1. The van der Waals surface area contributed by atoms with Gasteiger partial charge < -0.3 is 4.57 Å². The van der Waals surface area contributed by atoms with E-state index in [1.54, 1.807) is 6.21 Å². The number of hydrazone groups is 1. The third-order valence-electron chi connectivity index (χ3n) is 6.88. The Hall–Kier alpha value is -4.40. The van der Waals surface area contributed by atoms with Gasteiger partial charge in [0.1, 0.15) is 0 Å². The standard InChI is InChI=1S/C32H27ClN6OS/c1-3-38-28-7-5-4-6-26(28)27-18-22(10-17-29(27)38)19-34-35-30(40)20-41-32-37-36-31(23-11-8-21(2)9-12-23)39(32)25-15-13-24(33)14-16-25/h4-19H,3,20H2,1-2H3,(H,35,40). The van der Waals surface area contributed by atoms with Gasteiger partial charge in [-0.3, -0.25) is 9.36 Å². The molecule has 0 radical (unpaired) electrons. The van der Waals surface area contributed by atoms with E-state index >= 15 is 0 Å². The summed E-state index contributed by atoms with van der Waals surface area (Å²) in [5.41, 5.74) is 8.89. The zero-order valence-corrected chi connectivity index (χ0v) is 24.2. The molecule has 6 aromatic rings. The van der Waals surface area contributed by atoms with Crippen molar-refractivity contribution in [3.05, 3.63) is 107 Å². The molecular formula is C32H27ClN6OS. The normalized spacial score (nSPS) is 11.6. The van der Waals surface area contributed by atoms with Gasteiger partial charge in [0, 0.05) is 44.6 Å². The lowest BCUT2D eigenvalue weighted by Gasteiger charge is -2.10. The molecule has 2 heterocycles. The SMILES string of the molecule is CCn1c2ccccc2c2cc(C=NNC(=O)CSc3nnc(-c4ccc(C)cc4)n3-c3ccc(Cl)cc3)ccc21. The van der Waals surface area contributed by atoms with Gasteiger partial charge in [-0.25, -0.2) is 5.43 Å². The number of fused-ring (bicyclic) bond motifs is 3. The van der Waals surface area contributed by atoms with Crippen molar-refractivity contribution < 1.29 is 4.79 Å². The van der Waals surface area contributed by atoms with Gasteiger partial charge in [0.25, 0.3) is 5.91 Å². The molecule has 0 saturated carbocycles. The van der Waals surface area contributed by atoms with Crippen molar-refractivity contribution in [1.82, 2.24) is 24.8 Å². The minimum Gasteiger partial charge on any atom is -0.341 e. The van der Waals surface area contributed by atoms with Crippen LogP contribution in [0.25, 0.3) is 38.9 Å². The first-order chi connectivity index (χ1) is 20.0. The summed E-state index contributed by atoms with van der Waals surface area (Å²) in [5.74, 6) is 0.575. The van der Waals surface area contributed by atoms with Gasteiger partial charge in [-0.05, 0) is 61.9 Å². The van der Waals surface area contributed by atoms with E-state index in [0.29, 0.717) is 16.0 Å². The topological polar surface area (TPSA) is 77.1 Å². The van der Waals surface area contributed by atoms with Crippen molar-refractivity contribution in [1.29, 1.82) is 0 Å². The number of aromatic nitrogens is 4. The lowest BCUT2D eigenvalue weighted by molar-refractivity contribution is -0.118. The molecule has 0 spiro atoms. The molecule has 0 fully saturated rings. The Morgan fingerprint density at radius 2 is 1.71 bits per heavy atom. The number of para-hydroxylation sites is 1. The van der Waals surface area contributed by atoms with E-state index in [0.717, 1.165) is 28.9 Å². The van der Waals surface area contributed by atoms with Crippen LogP contribution in [-0.4, -0.2) is 37.2 Å². The zero-order chi connectivity index (χ0) is 28.3. The quantitative estimate of drug-likeness (QED) is 0.117. The summed E-state index contributed by atoms with van der Waals surface area (Å²) in [7, 11) is 0. The van der Waals surface area contributed by atoms with Gasteiger partial charge in [-0.1, -0.05) is 77.5 Å². The maximum Gasteiger partial charge on any atom is 0.250 e. The highest BCUT2D eigenvalue weighted by molar-refractivity contribution is 7.99. The molecule has 0 unspecified atom stereocenters. The van der Waals surface area contributed by atoms with Crippen LogP contribution >= 0.6 is 23.4 Å². The molecule has 2 aromatic heterocycles. The van der Waals surface area contributed by atoms with E-state index in [9.17, 15) is 4.79 Å². The Bertz CT molecular complexity index is 1890. The summed E-state index contributed by atoms with van der Waals surface area (Å²) in [6.07, 6.45) is 1.67. The number of rotatable bonds is 8. The Morgan fingerprint density at radius 1 is 0.951 bits per heavy atom. The third kappa shape index (κ3) is 5.49. The number of halogens is 1. The first kappa shape index (κ1) is 26.8. The fraction of sp³-hybridized carbons (Fsp3) is 0.125. The Morgan fingerprint density at radius 3 is 2.49 bits per heavy atom. The molecule has 0 aliphatic carbocycles. The van der Waals surface area contributed by atoms with E-state index in [-0.39, 0.29) is 11.7 Å². The van der Waals surface area contributed by atoms with Crippen LogP contribution < -0.4 is 5.43 Å². The molecule has 1 N–H and O–H groups in total. The Kier molecular flexibility index (Phi) is 7.59. The van der Waals surface area contributed by atoms with E-state index < -0.39 is 0 Å². The van der Waals surface area contributed by atoms with Crippen molar-refractivity contribution in [2.75, 3.05) is 5.75 Å². The first-order valence-corrected chi connectivity index (χ1v) is 14.6. The zero-order valence-electron chi connectivity index (χ0n) is 22.6. The van der Waals surface area contributed by atoms with Crippen molar-refractivity contribution >= 4 is 57.3 Å². The minimum absolute atomic E-state index is 0.125. The second-order valence-electron chi connectivity index (χ2n) is 9.60. The van der Waals surface area contributed by atoms with Crippen LogP contribution in [-0.2, 0) is 11.3 Å². The molecule has 9 heteroatoms. The third-order valence-corrected chi connectivity index (χ3v) is 8.06. The Labute approximate surface area is 246 Å². The highest BCUT2D eigenvalue weighted by atomic mass is 35.5. The van der Waals surface area contributed by atoms with Gasteiger partial charge in [-0.15, -0.1) is 10.2 Å². The molecule has 0 aliphatic rings. The predicted molar refractivity (Wildman–Crippen MR) is 168 cm³/mol. The van der Waals surface area contributed by atoms with E-state index in [4.69, 9.17) is 11.6 Å². The summed E-state index contributed by atoms with van der Waals surface area (Å²) in [5, 5.41) is 16.7. The molecule has 41 heavy (non-hydrogen) atoms. The maximum atomic E-state index is 12.7. The summed E-state index contributed by atoms with van der Waals surface area (Å²) in [6, 6.07) is 30.2. The predicted octanol–water partition coefficient (Wildman–Crippen LogP) is 7.27. The number of amides is 1. The average Bonchev–Trinajstić information content (AvgIpc) is 3.56. The van der Waals surface area contributed by atoms with Gasteiger partial charge in [0.05, 0.1) is 12.0 Å². The monoisotopic (exact) mass is 578 g/mol. The van der Waals surface area contributed by atoms with Gasteiger partial charge >= 0.3 is 0 Å². The molecule has 0 bridgehead atoms. The highest BCUT2D eigenvalue weighted by Gasteiger charge is 2.17. The number of aryl methyl sites for hydroxylation is 2. The number of nitrogens with zero attached hydrogens (tertiary/aromatic N) is 5. The lowest BCUT2D eigenvalue weighted by Crippen LogP contribution is -2.20. The highest BCUT2D eigenvalue weighted by Crippen LogP contribution is 2.30. The fourth-order valence-electron chi connectivity index (χ4n) is 4.91. The van der Waals surface area contributed by atoms with Crippen LogP contribution in [0.4, 0.5) is 0 Å². The Balaban J connectivity index is 1.18. The van der Waals surface area contributed by atoms with Crippen LogP contribution in [0.3, 0.4) is 0 Å². The molecular weight excluding hydrogens is 552 g/mol. The molecule has 0 aliphatic heterocycles. The fourth-order valence-corrected chi connectivity index (χ4v) is 5.78. The second kappa shape index (κ2) is 11.6. The number of benzene rings is 4. The van der Waals surface area contributed by atoms with Gasteiger partial charge in [0.2, 0.25) is 0 Å². The van der Waals surface area contributed by atoms with E-state index in [2.05, 4.69) is 68.6 Å². The van der Waals surface area contributed by atoms with E-state index in [1.165, 1.54) is 33.6 Å². The molecule has 0 saturated heterocycles. The van der Waals surface area contributed by atoms with Crippen LogP contribution in [0.15, 0.2) is 101 Å². The number of hydrogen-bond donors (Lipinski definition) is 1. The molecule has 1 amide bonds. The molecule has 6 rings (SSSR count). The number of nitrogens with one attached hydrogen (secondary N) is 1. The number of carbonyl (C=O) groups is 1. The van der Waals surface area contributed by atoms with E-state index in [1.807, 2.05) is 66.1 Å². The van der Waals surface area contributed by atoms with Crippen molar-refractivity contribution in [2.45, 2.75) is 25.5 Å². The average molecular weight is 579 g/mol. The number of thioether (sulfide) groups is 1.